The topological polar surface area (TPSA) is 53.6 Å². The molecule has 0 aliphatic carbocycles. The van der Waals surface area contributed by atoms with Gasteiger partial charge in [-0.05, 0) is 55.8 Å². The van der Waals surface area contributed by atoms with Crippen LogP contribution in [0.15, 0.2) is 52.8 Å². The molecule has 0 saturated carbocycles. The van der Waals surface area contributed by atoms with E-state index >= 15 is 0 Å². The number of guanidine groups is 1. The number of halogens is 1. The maximum Gasteiger partial charge on any atom is 0.188 e. The molecule has 0 radical (unpaired) electrons. The van der Waals surface area contributed by atoms with E-state index in [1.807, 2.05) is 17.4 Å². The van der Waals surface area contributed by atoms with Crippen molar-refractivity contribution in [3.05, 3.63) is 58.3 Å². The Balaban J connectivity index is 0.00000243. The van der Waals surface area contributed by atoms with Gasteiger partial charge in [0.2, 0.25) is 0 Å². The second kappa shape index (κ2) is 10.9. The summed E-state index contributed by atoms with van der Waals surface area (Å²) in [4.78, 5) is 8.54. The van der Waals surface area contributed by atoms with Crippen molar-refractivity contribution < 1.29 is 0 Å². The van der Waals surface area contributed by atoms with Crippen LogP contribution in [0.1, 0.15) is 29.3 Å². The molecular weight excluding hydrogens is 455 g/mol. The standard InChI is InChI=1S/C20H28N4S.HI/c1-24-13-5-9-17(19(24)18-10-6-14-25-18)15-23-20(21)22-12-11-16-7-3-2-4-8-16;/h2-4,6-8,10,14,17,19H,5,9,11-13,15H2,1H3,(H3,21,22,23);1H. The highest BCUT2D eigenvalue weighted by Gasteiger charge is 2.30. The van der Waals surface area contributed by atoms with Gasteiger partial charge in [-0.3, -0.25) is 9.89 Å². The van der Waals surface area contributed by atoms with Crippen molar-refractivity contribution in [1.29, 1.82) is 0 Å². The number of hydrogen-bond acceptors (Lipinski definition) is 3. The SMILES string of the molecule is CN1CCCC(CN=C(N)NCCc2ccccc2)C1c1cccs1.I. The zero-order valence-corrected chi connectivity index (χ0v) is 18.5. The molecule has 0 bridgehead atoms. The number of likely N-dealkylation sites (tertiary alicyclic amines) is 1. The number of nitrogens with zero attached hydrogens (tertiary/aromatic N) is 2. The zero-order valence-electron chi connectivity index (χ0n) is 15.3. The predicted molar refractivity (Wildman–Crippen MR) is 122 cm³/mol. The predicted octanol–water partition coefficient (Wildman–Crippen LogP) is 3.90. The summed E-state index contributed by atoms with van der Waals surface area (Å²) in [5, 5.41) is 5.41. The molecule has 6 heteroatoms. The van der Waals surface area contributed by atoms with Crippen LogP contribution in [0.3, 0.4) is 0 Å². The zero-order chi connectivity index (χ0) is 17.5. The highest BCUT2D eigenvalue weighted by Crippen LogP contribution is 2.37. The Kier molecular flexibility index (Phi) is 8.87. The van der Waals surface area contributed by atoms with Crippen LogP contribution in [0.25, 0.3) is 0 Å². The number of rotatable bonds is 6. The highest BCUT2D eigenvalue weighted by atomic mass is 127. The molecule has 0 amide bonds. The van der Waals surface area contributed by atoms with E-state index in [-0.39, 0.29) is 24.0 Å². The van der Waals surface area contributed by atoms with Crippen LogP contribution in [0.2, 0.25) is 0 Å². The Labute approximate surface area is 177 Å². The summed E-state index contributed by atoms with van der Waals surface area (Å²) < 4.78 is 0. The fourth-order valence-electron chi connectivity index (χ4n) is 3.61. The van der Waals surface area contributed by atoms with Gasteiger partial charge in [-0.2, -0.15) is 0 Å². The Hall–Kier alpha value is -1.12. The fourth-order valence-corrected chi connectivity index (χ4v) is 4.59. The van der Waals surface area contributed by atoms with E-state index in [0.717, 1.165) is 26.1 Å². The van der Waals surface area contributed by atoms with E-state index < -0.39 is 0 Å². The number of thiophene rings is 1. The summed E-state index contributed by atoms with van der Waals surface area (Å²) in [6.45, 7) is 2.77. The van der Waals surface area contributed by atoms with Gasteiger partial charge in [0.05, 0.1) is 0 Å². The Morgan fingerprint density at radius 2 is 2.08 bits per heavy atom. The smallest absolute Gasteiger partial charge is 0.188 e. The van der Waals surface area contributed by atoms with Crippen LogP contribution in [0.4, 0.5) is 0 Å². The summed E-state index contributed by atoms with van der Waals surface area (Å²) in [5.74, 6) is 1.10. The first-order valence-corrected chi connectivity index (χ1v) is 9.93. The molecule has 1 aromatic heterocycles. The van der Waals surface area contributed by atoms with Crippen molar-refractivity contribution in [2.24, 2.45) is 16.6 Å². The van der Waals surface area contributed by atoms with Crippen LogP contribution in [-0.4, -0.2) is 37.5 Å². The minimum atomic E-state index is 0. The van der Waals surface area contributed by atoms with Crippen molar-refractivity contribution >= 4 is 41.3 Å². The Bertz CT molecular complexity index is 660. The molecule has 3 N–H and O–H groups in total. The van der Waals surface area contributed by atoms with Crippen LogP contribution >= 0.6 is 35.3 Å². The van der Waals surface area contributed by atoms with E-state index in [9.17, 15) is 0 Å². The maximum atomic E-state index is 6.08. The summed E-state index contributed by atoms with van der Waals surface area (Å²) in [5.41, 5.74) is 7.40. The van der Waals surface area contributed by atoms with E-state index in [2.05, 4.69) is 64.0 Å². The third-order valence-electron chi connectivity index (χ3n) is 4.90. The molecule has 1 aliphatic heterocycles. The number of nitrogens with two attached hydrogens (primary N) is 1. The van der Waals surface area contributed by atoms with E-state index in [0.29, 0.717) is 17.9 Å². The van der Waals surface area contributed by atoms with Crippen molar-refractivity contribution in [2.45, 2.75) is 25.3 Å². The van der Waals surface area contributed by atoms with Crippen LogP contribution in [0.5, 0.6) is 0 Å². The van der Waals surface area contributed by atoms with Gasteiger partial charge in [0, 0.05) is 24.0 Å². The lowest BCUT2D eigenvalue weighted by atomic mass is 9.88. The molecule has 142 valence electrons. The molecule has 1 saturated heterocycles. The molecule has 2 unspecified atom stereocenters. The first kappa shape index (κ1) is 21.2. The number of aliphatic imine (C=N–C) groups is 1. The quantitative estimate of drug-likeness (QED) is 0.372. The van der Waals surface area contributed by atoms with Gasteiger partial charge in [-0.25, -0.2) is 0 Å². The minimum absolute atomic E-state index is 0. The van der Waals surface area contributed by atoms with Gasteiger partial charge < -0.3 is 11.1 Å². The summed E-state index contributed by atoms with van der Waals surface area (Å²) in [6.07, 6.45) is 3.41. The molecule has 1 aromatic carbocycles. The average molecular weight is 484 g/mol. The van der Waals surface area contributed by atoms with Gasteiger partial charge in [0.15, 0.2) is 5.96 Å². The monoisotopic (exact) mass is 484 g/mol. The maximum absolute atomic E-state index is 6.08. The van der Waals surface area contributed by atoms with Crippen LogP contribution in [-0.2, 0) is 6.42 Å². The molecule has 3 rings (SSSR count). The van der Waals surface area contributed by atoms with Gasteiger partial charge in [0.25, 0.3) is 0 Å². The average Bonchev–Trinajstić information content (AvgIpc) is 3.15. The minimum Gasteiger partial charge on any atom is -0.370 e. The van der Waals surface area contributed by atoms with E-state index in [1.165, 1.54) is 23.3 Å². The van der Waals surface area contributed by atoms with Crippen LogP contribution in [0, 0.1) is 5.92 Å². The second-order valence-corrected chi connectivity index (χ2v) is 7.71. The molecule has 26 heavy (non-hydrogen) atoms. The van der Waals surface area contributed by atoms with Crippen molar-refractivity contribution in [2.75, 3.05) is 26.7 Å². The van der Waals surface area contributed by atoms with Gasteiger partial charge in [-0.1, -0.05) is 36.4 Å². The van der Waals surface area contributed by atoms with Gasteiger partial charge in [-0.15, -0.1) is 35.3 Å². The molecule has 2 heterocycles. The molecule has 2 aromatic rings. The van der Waals surface area contributed by atoms with Gasteiger partial charge in [0.1, 0.15) is 0 Å². The van der Waals surface area contributed by atoms with E-state index in [4.69, 9.17) is 5.73 Å². The number of piperidine rings is 1. The first-order chi connectivity index (χ1) is 12.2. The molecule has 0 spiro atoms. The summed E-state index contributed by atoms with van der Waals surface area (Å²) in [6, 6.07) is 15.3. The number of benzene rings is 1. The lowest BCUT2D eigenvalue weighted by Gasteiger charge is -2.38. The normalized spacial score (nSPS) is 21.2. The van der Waals surface area contributed by atoms with Gasteiger partial charge >= 0.3 is 0 Å². The highest BCUT2D eigenvalue weighted by molar-refractivity contribution is 14.0. The third kappa shape index (κ3) is 5.96. The Morgan fingerprint density at radius 3 is 2.81 bits per heavy atom. The molecule has 1 aliphatic rings. The Morgan fingerprint density at radius 1 is 1.27 bits per heavy atom. The third-order valence-corrected chi connectivity index (χ3v) is 5.84. The number of nitrogens with one attached hydrogen (secondary N) is 1. The lowest BCUT2D eigenvalue weighted by molar-refractivity contribution is 0.128. The molecule has 1 fully saturated rings. The molecule has 2 atom stereocenters. The van der Waals surface area contributed by atoms with Crippen molar-refractivity contribution in [3.8, 4) is 0 Å². The van der Waals surface area contributed by atoms with E-state index in [1.54, 1.807) is 0 Å². The first-order valence-electron chi connectivity index (χ1n) is 9.05. The summed E-state index contributed by atoms with van der Waals surface area (Å²) in [7, 11) is 2.22. The molecular formula is C20H29IN4S. The summed E-state index contributed by atoms with van der Waals surface area (Å²) >= 11 is 1.85. The molecule has 4 nitrogen and oxygen atoms in total. The largest absolute Gasteiger partial charge is 0.370 e. The van der Waals surface area contributed by atoms with Crippen LogP contribution < -0.4 is 11.1 Å². The fraction of sp³-hybridized carbons (Fsp3) is 0.450. The van der Waals surface area contributed by atoms with Crippen molar-refractivity contribution in [1.82, 2.24) is 10.2 Å². The number of hydrogen-bond donors (Lipinski definition) is 2. The van der Waals surface area contributed by atoms with Crippen molar-refractivity contribution in [3.63, 3.8) is 0 Å². The second-order valence-electron chi connectivity index (χ2n) is 6.73. The lowest BCUT2D eigenvalue weighted by Crippen LogP contribution is -2.38.